The maximum atomic E-state index is 14.8. The van der Waals surface area contributed by atoms with Gasteiger partial charge >= 0.3 is 0 Å². The number of nitrogens with one attached hydrogen (secondary N) is 1. The van der Waals surface area contributed by atoms with Crippen LogP contribution in [0.25, 0.3) is 0 Å². The first-order valence-electron chi connectivity index (χ1n) is 15.6. The molecule has 8 nitrogen and oxygen atoms in total. The second-order valence-electron chi connectivity index (χ2n) is 11.9. The number of anilines is 3. The summed E-state index contributed by atoms with van der Waals surface area (Å²) in [5, 5.41) is 3.50. The summed E-state index contributed by atoms with van der Waals surface area (Å²) in [6.45, 7) is 11.4. The molecule has 4 fully saturated rings. The Kier molecular flexibility index (Phi) is 8.02. The number of carbonyl (C=O) groups is 1. The van der Waals surface area contributed by atoms with Gasteiger partial charge < -0.3 is 35.7 Å². The zero-order chi connectivity index (χ0) is 28.8. The fourth-order valence-electron chi connectivity index (χ4n) is 6.75. The first-order valence-corrected chi connectivity index (χ1v) is 15.6. The topological polar surface area (TPSA) is 131 Å². The second-order valence-corrected chi connectivity index (χ2v) is 11.9. The molecule has 1 amide bonds. The van der Waals surface area contributed by atoms with E-state index < -0.39 is 0 Å². The van der Waals surface area contributed by atoms with Crippen LogP contribution in [0.2, 0.25) is 0 Å². The molecular formula is C33H45N3O5. The lowest BCUT2D eigenvalue weighted by atomic mass is 9.83. The summed E-state index contributed by atoms with van der Waals surface area (Å²) in [5.74, 6) is -0.0782. The molecule has 4 aliphatic heterocycles. The highest BCUT2D eigenvalue weighted by Gasteiger charge is 2.36. The SMILES string of the molecule is CCc1c(N)c(CC)c(CC2CO2)c(NC(=O)c2c(CC3CO3)c(CC)c(N)c(CC)c2CC2CO2)c1CC1CO1. The van der Waals surface area contributed by atoms with E-state index in [1.54, 1.807) is 0 Å². The van der Waals surface area contributed by atoms with Crippen molar-refractivity contribution in [1.29, 1.82) is 0 Å². The number of amides is 1. The van der Waals surface area contributed by atoms with E-state index in [4.69, 9.17) is 30.4 Å². The maximum absolute atomic E-state index is 14.8. The number of carbonyl (C=O) groups excluding carboxylic acids is 1. The monoisotopic (exact) mass is 563 g/mol. The normalized spacial score (nSPS) is 23.9. The first-order chi connectivity index (χ1) is 19.9. The van der Waals surface area contributed by atoms with Crippen molar-refractivity contribution < 1.29 is 23.7 Å². The van der Waals surface area contributed by atoms with Gasteiger partial charge in [-0.1, -0.05) is 27.7 Å². The van der Waals surface area contributed by atoms with E-state index in [-0.39, 0.29) is 30.3 Å². The molecule has 41 heavy (non-hydrogen) atoms. The van der Waals surface area contributed by atoms with E-state index in [1.807, 2.05) is 0 Å². The van der Waals surface area contributed by atoms with Gasteiger partial charge in [0.25, 0.3) is 5.91 Å². The fourth-order valence-corrected chi connectivity index (χ4v) is 6.75. The molecule has 2 aromatic carbocycles. The molecule has 0 spiro atoms. The molecule has 4 heterocycles. The van der Waals surface area contributed by atoms with Crippen molar-refractivity contribution in [1.82, 2.24) is 0 Å². The summed E-state index contributed by atoms with van der Waals surface area (Å²) in [6, 6.07) is 0. The smallest absolute Gasteiger partial charge is 0.256 e. The Morgan fingerprint density at radius 3 is 1.17 bits per heavy atom. The molecule has 222 valence electrons. The Morgan fingerprint density at radius 1 is 0.585 bits per heavy atom. The molecule has 0 aromatic heterocycles. The van der Waals surface area contributed by atoms with E-state index in [1.165, 1.54) is 0 Å². The molecule has 0 aliphatic carbocycles. The van der Waals surface area contributed by atoms with Crippen molar-refractivity contribution in [2.45, 2.75) is 103 Å². The third-order valence-corrected chi connectivity index (χ3v) is 9.18. The van der Waals surface area contributed by atoms with Crippen LogP contribution in [-0.2, 0) is 70.3 Å². The van der Waals surface area contributed by atoms with E-state index in [9.17, 15) is 4.79 Å². The summed E-state index contributed by atoms with van der Waals surface area (Å²) >= 11 is 0. The minimum Gasteiger partial charge on any atom is -0.398 e. The van der Waals surface area contributed by atoms with Crippen LogP contribution < -0.4 is 16.8 Å². The first kappa shape index (κ1) is 28.5. The number of rotatable bonds is 14. The molecule has 4 atom stereocenters. The van der Waals surface area contributed by atoms with Gasteiger partial charge in [-0.05, 0) is 70.2 Å². The zero-order valence-corrected chi connectivity index (χ0v) is 25.0. The number of epoxide rings is 4. The highest BCUT2D eigenvalue weighted by Crippen LogP contribution is 2.41. The molecular weight excluding hydrogens is 518 g/mol. The van der Waals surface area contributed by atoms with Gasteiger partial charge in [0.15, 0.2) is 0 Å². The van der Waals surface area contributed by atoms with Crippen molar-refractivity contribution in [2.75, 3.05) is 43.2 Å². The van der Waals surface area contributed by atoms with Crippen LogP contribution in [0, 0.1) is 0 Å². The van der Waals surface area contributed by atoms with Gasteiger partial charge in [-0.25, -0.2) is 0 Å². The van der Waals surface area contributed by atoms with Crippen LogP contribution in [0.15, 0.2) is 0 Å². The molecule has 0 bridgehead atoms. The van der Waals surface area contributed by atoms with Crippen molar-refractivity contribution in [2.24, 2.45) is 0 Å². The van der Waals surface area contributed by atoms with Crippen molar-refractivity contribution in [3.8, 4) is 0 Å². The Labute approximate surface area is 243 Å². The quantitative estimate of drug-likeness (QED) is 0.233. The third-order valence-electron chi connectivity index (χ3n) is 9.18. The van der Waals surface area contributed by atoms with Crippen LogP contribution in [0.1, 0.15) is 82.6 Å². The lowest BCUT2D eigenvalue weighted by Gasteiger charge is -2.27. The number of nitrogens with two attached hydrogens (primary N) is 2. The van der Waals surface area contributed by atoms with Gasteiger partial charge in [-0.2, -0.15) is 0 Å². The van der Waals surface area contributed by atoms with Crippen LogP contribution in [0.3, 0.4) is 0 Å². The summed E-state index contributed by atoms with van der Waals surface area (Å²) in [5.41, 5.74) is 25.6. The largest absolute Gasteiger partial charge is 0.398 e. The number of hydrogen-bond acceptors (Lipinski definition) is 7. The van der Waals surface area contributed by atoms with Crippen LogP contribution in [0.4, 0.5) is 17.1 Å². The molecule has 0 saturated carbocycles. The number of benzene rings is 2. The minimum atomic E-state index is -0.0782. The number of nitrogen functional groups attached to an aromatic ring is 2. The molecule has 4 saturated heterocycles. The number of ether oxygens (including phenoxy) is 4. The highest BCUT2D eigenvalue weighted by atomic mass is 16.6. The van der Waals surface area contributed by atoms with Gasteiger partial charge in [0.1, 0.15) is 0 Å². The van der Waals surface area contributed by atoms with E-state index in [2.05, 4.69) is 33.0 Å². The van der Waals surface area contributed by atoms with E-state index in [0.717, 1.165) is 132 Å². The Balaban J connectivity index is 1.52. The van der Waals surface area contributed by atoms with Gasteiger partial charge in [0.2, 0.25) is 0 Å². The van der Waals surface area contributed by atoms with E-state index >= 15 is 0 Å². The third kappa shape index (κ3) is 5.85. The standard InChI is InChI=1S/C33H45N3O5/c1-5-21-25(9-17-13-38-17)29(26(10-18-14-39-18)22(6-2)30(21)34)33(37)36-32-27(11-19-15-40-19)23(7-3)31(35)24(8-4)28(32)12-20-16-41-20/h17-20H,5-16,34-35H2,1-4H3,(H,36,37). The summed E-state index contributed by atoms with van der Waals surface area (Å²) in [4.78, 5) is 14.8. The van der Waals surface area contributed by atoms with Crippen LogP contribution in [-0.4, -0.2) is 56.8 Å². The fraction of sp³-hybridized carbons (Fsp3) is 0.606. The average molecular weight is 564 g/mol. The average Bonchev–Trinajstić information content (AvgIpc) is 3.74. The van der Waals surface area contributed by atoms with Crippen LogP contribution >= 0.6 is 0 Å². The van der Waals surface area contributed by atoms with Gasteiger partial charge in [0.05, 0.1) is 50.8 Å². The maximum Gasteiger partial charge on any atom is 0.256 e. The molecule has 2 aromatic rings. The van der Waals surface area contributed by atoms with Gasteiger partial charge in [-0.3, -0.25) is 4.79 Å². The molecule has 5 N–H and O–H groups in total. The predicted octanol–water partition coefficient (Wildman–Crippen LogP) is 4.12. The lowest BCUT2D eigenvalue weighted by Crippen LogP contribution is -2.25. The van der Waals surface area contributed by atoms with Crippen molar-refractivity contribution >= 4 is 23.0 Å². The van der Waals surface area contributed by atoms with Crippen molar-refractivity contribution in [3.05, 3.63) is 50.1 Å². The summed E-state index contributed by atoms with van der Waals surface area (Å²) < 4.78 is 22.7. The highest BCUT2D eigenvalue weighted by molar-refractivity contribution is 6.08. The molecule has 4 aliphatic rings. The zero-order valence-electron chi connectivity index (χ0n) is 25.0. The van der Waals surface area contributed by atoms with Gasteiger partial charge in [-0.15, -0.1) is 0 Å². The lowest BCUT2D eigenvalue weighted by molar-refractivity contribution is 0.102. The number of hydrogen-bond donors (Lipinski definition) is 3. The molecule has 8 heteroatoms. The molecule has 4 unspecified atom stereocenters. The van der Waals surface area contributed by atoms with Crippen LogP contribution in [0.5, 0.6) is 0 Å². The Bertz CT molecular complexity index is 1250. The van der Waals surface area contributed by atoms with Crippen molar-refractivity contribution in [3.63, 3.8) is 0 Å². The summed E-state index contributed by atoms with van der Waals surface area (Å²) in [6.07, 6.45) is 6.53. The van der Waals surface area contributed by atoms with E-state index in [0.29, 0.717) is 12.8 Å². The second kappa shape index (κ2) is 11.6. The minimum absolute atomic E-state index is 0.0782. The van der Waals surface area contributed by atoms with Gasteiger partial charge in [0, 0.05) is 48.3 Å². The Morgan fingerprint density at radius 2 is 0.878 bits per heavy atom. The molecule has 6 rings (SSSR count). The molecule has 0 radical (unpaired) electrons. The Hall–Kier alpha value is -2.65. The predicted molar refractivity (Wildman–Crippen MR) is 161 cm³/mol. The summed E-state index contributed by atoms with van der Waals surface area (Å²) in [7, 11) is 0.